The highest BCUT2D eigenvalue weighted by Crippen LogP contribution is 1.86. The van der Waals surface area contributed by atoms with E-state index in [1.807, 2.05) is 27.7 Å². The summed E-state index contributed by atoms with van der Waals surface area (Å²) >= 11 is 0. The lowest BCUT2D eigenvalue weighted by atomic mass is 10.4. The van der Waals surface area contributed by atoms with Gasteiger partial charge in [0.05, 0.1) is 18.7 Å². The summed E-state index contributed by atoms with van der Waals surface area (Å²) < 4.78 is 4.74. The van der Waals surface area contributed by atoms with Gasteiger partial charge in [0, 0.05) is 28.0 Å². The van der Waals surface area contributed by atoms with Gasteiger partial charge in [0.2, 0.25) is 5.91 Å². The van der Waals surface area contributed by atoms with E-state index in [-0.39, 0.29) is 7.33 Å². The van der Waals surface area contributed by atoms with Crippen molar-refractivity contribution < 1.29 is 11.0 Å². The van der Waals surface area contributed by atoms with E-state index < -0.39 is 0 Å². The van der Waals surface area contributed by atoms with Gasteiger partial charge in [0.25, 0.3) is 0 Å². The molecule has 0 aliphatic heterocycles. The van der Waals surface area contributed by atoms with Crippen LogP contribution in [0.15, 0.2) is 16.9 Å². The Morgan fingerprint density at radius 3 is 2.29 bits per heavy atom. The molecule has 0 fully saturated rings. The maximum Gasteiger partial charge on any atom is 0.226 e. The number of carbonyl (C=O) groups excluding carboxylic acids is 1. The Balaban J connectivity index is -0.000000177. The zero-order valence-corrected chi connectivity index (χ0v) is 11.9. The van der Waals surface area contributed by atoms with E-state index in [4.69, 9.17) is 10.5 Å². The van der Waals surface area contributed by atoms with E-state index in [2.05, 4.69) is 10.3 Å². The predicted octanol–water partition coefficient (Wildman–Crippen LogP) is 1.94. The average molecular weight is 247 g/mol. The Morgan fingerprint density at radius 2 is 1.94 bits per heavy atom. The fraction of sp³-hybridized carbons (Fsp3) is 0.667. The molecule has 17 heavy (non-hydrogen) atoms. The highest BCUT2D eigenvalue weighted by molar-refractivity contribution is 5.87. The minimum absolute atomic E-state index is 0. The van der Waals surface area contributed by atoms with Gasteiger partial charge in [-0.25, -0.2) is 0 Å². The van der Waals surface area contributed by atoms with Gasteiger partial charge in [-0.05, 0) is 0 Å². The number of aliphatic imine (C=N–C) groups is 1. The van der Waals surface area contributed by atoms with E-state index in [1.165, 1.54) is 12.4 Å². The third kappa shape index (κ3) is 17.3. The molecule has 0 unspecified atom stereocenters. The maximum absolute atomic E-state index is 11.1. The molecule has 0 atom stereocenters. The number of hydrogen-bond donors (Lipinski definition) is 2. The molecule has 0 aromatic rings. The van der Waals surface area contributed by atoms with Gasteiger partial charge in [-0.15, -0.1) is 0 Å². The summed E-state index contributed by atoms with van der Waals surface area (Å²) in [5.74, 6) is -0.140. The van der Waals surface area contributed by atoms with Gasteiger partial charge in [-0.1, -0.05) is 27.7 Å². The fourth-order valence-corrected chi connectivity index (χ4v) is 0.674. The smallest absolute Gasteiger partial charge is 0.226 e. The number of ether oxygens (including phenoxy) is 1. The van der Waals surface area contributed by atoms with Crippen molar-refractivity contribution in [3.05, 3.63) is 11.9 Å². The lowest BCUT2D eigenvalue weighted by molar-refractivity contribution is -0.121. The van der Waals surface area contributed by atoms with Crippen molar-refractivity contribution in [1.82, 2.24) is 5.32 Å². The molecule has 3 N–H and O–H groups in total. The van der Waals surface area contributed by atoms with Gasteiger partial charge < -0.3 is 15.8 Å². The summed E-state index contributed by atoms with van der Waals surface area (Å²) in [5, 5.41) is 2.57. The largest absolute Gasteiger partial charge is 0.403 e. The highest BCUT2D eigenvalue weighted by Gasteiger charge is 2.01. The number of rotatable bonds is 5. The summed E-state index contributed by atoms with van der Waals surface area (Å²) in [4.78, 5) is 14.8. The van der Waals surface area contributed by atoms with Crippen LogP contribution in [0, 0.1) is 0 Å². The average Bonchev–Trinajstić information content (AvgIpc) is 2.40. The van der Waals surface area contributed by atoms with Crippen LogP contribution in [-0.2, 0) is 9.53 Å². The van der Waals surface area contributed by atoms with Crippen LogP contribution in [-0.4, -0.2) is 32.9 Å². The minimum Gasteiger partial charge on any atom is -0.403 e. The van der Waals surface area contributed by atoms with E-state index in [0.717, 1.165) is 0 Å². The number of hydrogen-bond acceptors (Lipinski definition) is 4. The van der Waals surface area contributed by atoms with Crippen molar-refractivity contribution in [3.8, 4) is 0 Å². The highest BCUT2D eigenvalue weighted by atomic mass is 16.5. The number of nitrogens with two attached hydrogens (primary N) is 1. The molecule has 0 saturated heterocycles. The fourth-order valence-electron chi connectivity index (χ4n) is 0.674. The van der Waals surface area contributed by atoms with Crippen molar-refractivity contribution in [3.63, 3.8) is 0 Å². The summed E-state index contributed by atoms with van der Waals surface area (Å²) in [7, 11) is 3.14. The first kappa shape index (κ1) is 21.0. The Kier molecular flexibility index (Phi) is 24.8. The molecular formula is C12H29N3O2. The Labute approximate surface area is 107 Å². The normalized spacial score (nSPS) is 9.88. The summed E-state index contributed by atoms with van der Waals surface area (Å²) in [6.07, 6.45) is 3.08. The van der Waals surface area contributed by atoms with Crippen LogP contribution in [0.3, 0.4) is 0 Å². The molecule has 0 radical (unpaired) electrons. The topological polar surface area (TPSA) is 76.7 Å². The van der Waals surface area contributed by atoms with Gasteiger partial charge >= 0.3 is 0 Å². The molecule has 0 aliphatic rings. The van der Waals surface area contributed by atoms with Crippen molar-refractivity contribution in [2.75, 3.05) is 20.8 Å². The van der Waals surface area contributed by atoms with Crippen molar-refractivity contribution in [2.24, 2.45) is 10.7 Å². The molecule has 0 rings (SSSR count). The summed E-state index contributed by atoms with van der Waals surface area (Å²) in [6.45, 7) is 8.40. The second-order valence-corrected chi connectivity index (χ2v) is 2.30. The monoisotopic (exact) mass is 247 g/mol. The van der Waals surface area contributed by atoms with Crippen molar-refractivity contribution in [1.29, 1.82) is 0 Å². The molecule has 0 saturated carbocycles. The number of nitrogens with one attached hydrogen (secondary N) is 1. The molecule has 104 valence electrons. The lowest BCUT2D eigenvalue weighted by Crippen LogP contribution is -2.25. The van der Waals surface area contributed by atoms with Crippen LogP contribution >= 0.6 is 0 Å². The predicted molar refractivity (Wildman–Crippen MR) is 76.1 cm³/mol. The Morgan fingerprint density at radius 1 is 1.41 bits per heavy atom. The van der Waals surface area contributed by atoms with Crippen LogP contribution in [0.4, 0.5) is 0 Å². The molecule has 0 spiro atoms. The number of methoxy groups -OCH3 is 1. The molecule has 0 aromatic carbocycles. The first-order valence-electron chi connectivity index (χ1n) is 5.87. The zero-order chi connectivity index (χ0) is 14.1. The minimum atomic E-state index is -0.140. The molecule has 1 amide bonds. The van der Waals surface area contributed by atoms with Crippen LogP contribution < -0.4 is 11.1 Å². The van der Waals surface area contributed by atoms with Gasteiger partial charge in [0.15, 0.2) is 0 Å². The first-order chi connectivity index (χ1) is 8.24. The SMILES string of the molecule is CC.CC.CN=C/C(=C\N)NC(=O)CCOC.[HH]. The number of allylic oxidation sites excluding steroid dienone is 1. The van der Waals surface area contributed by atoms with Gasteiger partial charge in [-0.3, -0.25) is 9.79 Å². The Bertz CT molecular complexity index is 219. The molecular weight excluding hydrogens is 218 g/mol. The molecule has 0 aromatic heterocycles. The molecule has 5 nitrogen and oxygen atoms in total. The lowest BCUT2D eigenvalue weighted by Gasteiger charge is -2.03. The van der Waals surface area contributed by atoms with Crippen LogP contribution in [0.1, 0.15) is 35.5 Å². The van der Waals surface area contributed by atoms with Crippen LogP contribution in [0.25, 0.3) is 0 Å². The first-order valence-corrected chi connectivity index (χ1v) is 5.87. The van der Waals surface area contributed by atoms with Gasteiger partial charge in [-0.2, -0.15) is 0 Å². The Hall–Kier alpha value is -1.36. The summed E-state index contributed by atoms with van der Waals surface area (Å²) in [6, 6.07) is 0. The standard InChI is InChI=1S/C8H15N3O2.2C2H6.H2/c1-10-6-7(5-9)11-8(12)3-4-13-2;2*1-2;/h5-6H,3-4,9H2,1-2H3,(H,11,12);2*1-2H3;1H/b7-5+,10-6?;;;. The summed E-state index contributed by atoms with van der Waals surface area (Å²) in [5.41, 5.74) is 5.73. The zero-order valence-electron chi connectivity index (χ0n) is 11.9. The van der Waals surface area contributed by atoms with Gasteiger partial charge in [0.1, 0.15) is 0 Å². The van der Waals surface area contributed by atoms with E-state index in [1.54, 1.807) is 14.2 Å². The third-order valence-electron chi connectivity index (χ3n) is 1.26. The molecule has 5 heteroatoms. The quantitative estimate of drug-likeness (QED) is 0.729. The number of amides is 1. The number of carbonyl (C=O) groups is 1. The second kappa shape index (κ2) is 20.1. The number of nitrogens with zero attached hydrogens (tertiary/aromatic N) is 1. The second-order valence-electron chi connectivity index (χ2n) is 2.30. The van der Waals surface area contributed by atoms with Crippen molar-refractivity contribution in [2.45, 2.75) is 34.1 Å². The maximum atomic E-state index is 11.1. The van der Waals surface area contributed by atoms with Crippen molar-refractivity contribution >= 4 is 12.1 Å². The van der Waals surface area contributed by atoms with Crippen LogP contribution in [0.2, 0.25) is 0 Å². The molecule has 0 bridgehead atoms. The van der Waals surface area contributed by atoms with E-state index >= 15 is 0 Å². The van der Waals surface area contributed by atoms with E-state index in [9.17, 15) is 4.79 Å². The third-order valence-corrected chi connectivity index (χ3v) is 1.26. The van der Waals surface area contributed by atoms with E-state index in [0.29, 0.717) is 18.7 Å². The molecule has 0 aliphatic carbocycles. The van der Waals surface area contributed by atoms with Crippen LogP contribution in [0.5, 0.6) is 0 Å². The molecule has 0 heterocycles.